The topological polar surface area (TPSA) is 0 Å². The Morgan fingerprint density at radius 1 is 1.46 bits per heavy atom. The van der Waals surface area contributed by atoms with Crippen molar-refractivity contribution in [1.82, 2.24) is 0 Å². The summed E-state index contributed by atoms with van der Waals surface area (Å²) in [6.45, 7) is 7.84. The fourth-order valence-corrected chi connectivity index (χ4v) is 1.52. The van der Waals surface area contributed by atoms with Crippen LogP contribution in [0.4, 0.5) is 0 Å². The first kappa shape index (κ1) is 10.1. The van der Waals surface area contributed by atoms with Crippen LogP contribution in [-0.4, -0.2) is 0 Å². The van der Waals surface area contributed by atoms with Gasteiger partial charge in [0, 0.05) is 4.90 Å². The van der Waals surface area contributed by atoms with Gasteiger partial charge in [0.05, 0.1) is 0 Å². The summed E-state index contributed by atoms with van der Waals surface area (Å²) in [6.07, 6.45) is 3.81. The van der Waals surface area contributed by atoms with Gasteiger partial charge in [-0.15, -0.1) is 12.6 Å². The van der Waals surface area contributed by atoms with Gasteiger partial charge in [-0.1, -0.05) is 30.9 Å². The second-order valence-electron chi connectivity index (χ2n) is 3.04. The molecule has 0 aliphatic carbocycles. The SMILES string of the molecule is C=C/C=C(\C)c1cccc(S)c1C. The summed E-state index contributed by atoms with van der Waals surface area (Å²) in [5, 5.41) is 0. The number of hydrogen-bond acceptors (Lipinski definition) is 1. The predicted molar refractivity (Wildman–Crippen MR) is 62.3 cm³/mol. The molecule has 0 heterocycles. The largest absolute Gasteiger partial charge is 0.143 e. The lowest BCUT2D eigenvalue weighted by Gasteiger charge is -2.07. The van der Waals surface area contributed by atoms with E-state index in [1.165, 1.54) is 16.7 Å². The molecule has 1 heteroatoms. The maximum absolute atomic E-state index is 4.38. The third kappa shape index (κ3) is 2.25. The lowest BCUT2D eigenvalue weighted by atomic mass is 10.0. The Labute approximate surface area is 85.4 Å². The van der Waals surface area contributed by atoms with Gasteiger partial charge in [-0.3, -0.25) is 0 Å². The van der Waals surface area contributed by atoms with E-state index in [9.17, 15) is 0 Å². The summed E-state index contributed by atoms with van der Waals surface area (Å²) in [4.78, 5) is 1.04. The Morgan fingerprint density at radius 2 is 2.15 bits per heavy atom. The van der Waals surface area contributed by atoms with E-state index in [4.69, 9.17) is 0 Å². The van der Waals surface area contributed by atoms with Gasteiger partial charge < -0.3 is 0 Å². The third-order valence-corrected chi connectivity index (χ3v) is 2.58. The predicted octanol–water partition coefficient (Wildman–Crippen LogP) is 3.87. The molecule has 68 valence electrons. The molecule has 1 aromatic rings. The summed E-state index contributed by atoms with van der Waals surface area (Å²) in [5.74, 6) is 0. The molecule has 13 heavy (non-hydrogen) atoms. The first-order chi connectivity index (χ1) is 6.16. The van der Waals surface area contributed by atoms with Crippen LogP contribution in [0.2, 0.25) is 0 Å². The van der Waals surface area contributed by atoms with E-state index in [1.807, 2.05) is 18.2 Å². The molecular weight excluding hydrogens is 176 g/mol. The first-order valence-electron chi connectivity index (χ1n) is 4.25. The highest BCUT2D eigenvalue weighted by atomic mass is 32.1. The standard InChI is InChI=1S/C12H14S/c1-4-6-9(2)11-7-5-8-12(13)10(11)3/h4-8,13H,1H2,2-3H3/b9-6+. The van der Waals surface area contributed by atoms with Crippen LogP contribution in [0.1, 0.15) is 18.1 Å². The van der Waals surface area contributed by atoms with Crippen LogP contribution in [0.25, 0.3) is 5.57 Å². The smallest absolute Gasteiger partial charge is 0.00752 e. The number of rotatable bonds is 2. The fraction of sp³-hybridized carbons (Fsp3) is 0.167. The molecule has 1 aromatic carbocycles. The second-order valence-corrected chi connectivity index (χ2v) is 3.52. The Bertz CT molecular complexity index is 348. The van der Waals surface area contributed by atoms with Gasteiger partial charge in [-0.2, -0.15) is 0 Å². The average Bonchev–Trinajstić information content (AvgIpc) is 2.10. The molecule has 0 amide bonds. The zero-order chi connectivity index (χ0) is 9.84. The minimum atomic E-state index is 1.04. The molecule has 0 nitrogen and oxygen atoms in total. The molecular formula is C12H14S. The number of hydrogen-bond donors (Lipinski definition) is 1. The molecule has 1 rings (SSSR count). The number of benzene rings is 1. The molecule has 0 fully saturated rings. The van der Waals surface area contributed by atoms with E-state index in [0.29, 0.717) is 0 Å². The van der Waals surface area contributed by atoms with E-state index < -0.39 is 0 Å². The zero-order valence-corrected chi connectivity index (χ0v) is 8.94. The molecule has 0 bridgehead atoms. The van der Waals surface area contributed by atoms with Gasteiger partial charge in [-0.25, -0.2) is 0 Å². The highest BCUT2D eigenvalue weighted by Crippen LogP contribution is 2.23. The summed E-state index contributed by atoms with van der Waals surface area (Å²) >= 11 is 4.38. The van der Waals surface area contributed by atoms with E-state index in [-0.39, 0.29) is 0 Å². The van der Waals surface area contributed by atoms with Crippen molar-refractivity contribution in [3.63, 3.8) is 0 Å². The summed E-state index contributed by atoms with van der Waals surface area (Å²) in [5.41, 5.74) is 3.69. The Kier molecular flexibility index (Phi) is 3.38. The third-order valence-electron chi connectivity index (χ3n) is 2.10. The maximum Gasteiger partial charge on any atom is 0.00752 e. The highest BCUT2D eigenvalue weighted by Gasteiger charge is 2.01. The van der Waals surface area contributed by atoms with Crippen LogP contribution >= 0.6 is 12.6 Å². The van der Waals surface area contributed by atoms with Gasteiger partial charge in [-0.05, 0) is 36.6 Å². The lowest BCUT2D eigenvalue weighted by molar-refractivity contribution is 1.28. The molecule has 0 saturated heterocycles. The Morgan fingerprint density at radius 3 is 2.77 bits per heavy atom. The fourth-order valence-electron chi connectivity index (χ4n) is 1.32. The minimum Gasteiger partial charge on any atom is -0.143 e. The highest BCUT2D eigenvalue weighted by molar-refractivity contribution is 7.80. The molecule has 0 aliphatic heterocycles. The molecule has 0 saturated carbocycles. The minimum absolute atomic E-state index is 1.04. The van der Waals surface area contributed by atoms with Gasteiger partial charge in [0.1, 0.15) is 0 Å². The Hall–Kier alpha value is -0.950. The van der Waals surface area contributed by atoms with E-state index in [1.54, 1.807) is 6.08 Å². The van der Waals surface area contributed by atoms with Crippen molar-refractivity contribution in [2.24, 2.45) is 0 Å². The van der Waals surface area contributed by atoms with Gasteiger partial charge in [0.15, 0.2) is 0 Å². The van der Waals surface area contributed by atoms with Crippen LogP contribution in [0.5, 0.6) is 0 Å². The maximum atomic E-state index is 4.38. The number of allylic oxidation sites excluding steroid dienone is 3. The summed E-state index contributed by atoms with van der Waals surface area (Å²) in [6, 6.07) is 6.12. The van der Waals surface area contributed by atoms with E-state index in [2.05, 4.69) is 39.1 Å². The van der Waals surface area contributed by atoms with Crippen LogP contribution in [0.15, 0.2) is 41.8 Å². The van der Waals surface area contributed by atoms with Crippen LogP contribution < -0.4 is 0 Å². The van der Waals surface area contributed by atoms with Crippen molar-refractivity contribution in [1.29, 1.82) is 0 Å². The van der Waals surface area contributed by atoms with Crippen molar-refractivity contribution >= 4 is 18.2 Å². The molecule has 0 aromatic heterocycles. The van der Waals surface area contributed by atoms with Crippen molar-refractivity contribution in [2.45, 2.75) is 18.7 Å². The van der Waals surface area contributed by atoms with Crippen molar-refractivity contribution < 1.29 is 0 Å². The van der Waals surface area contributed by atoms with Gasteiger partial charge >= 0.3 is 0 Å². The summed E-state index contributed by atoms with van der Waals surface area (Å²) < 4.78 is 0. The van der Waals surface area contributed by atoms with Crippen LogP contribution in [0, 0.1) is 6.92 Å². The second kappa shape index (κ2) is 4.33. The number of thiol groups is 1. The normalized spacial score (nSPS) is 11.5. The van der Waals surface area contributed by atoms with Gasteiger partial charge in [0.2, 0.25) is 0 Å². The molecule has 0 N–H and O–H groups in total. The molecule has 0 aliphatic rings. The zero-order valence-electron chi connectivity index (χ0n) is 8.04. The monoisotopic (exact) mass is 190 g/mol. The van der Waals surface area contributed by atoms with Crippen LogP contribution in [0.3, 0.4) is 0 Å². The van der Waals surface area contributed by atoms with Crippen molar-refractivity contribution in [3.05, 3.63) is 48.1 Å². The molecule has 0 spiro atoms. The van der Waals surface area contributed by atoms with Crippen LogP contribution in [-0.2, 0) is 0 Å². The Balaban J connectivity index is 3.22. The van der Waals surface area contributed by atoms with E-state index >= 15 is 0 Å². The molecule has 0 unspecified atom stereocenters. The van der Waals surface area contributed by atoms with Crippen molar-refractivity contribution in [2.75, 3.05) is 0 Å². The average molecular weight is 190 g/mol. The molecule has 0 atom stereocenters. The lowest BCUT2D eigenvalue weighted by Crippen LogP contribution is -1.86. The van der Waals surface area contributed by atoms with E-state index in [0.717, 1.165) is 4.90 Å². The quantitative estimate of drug-likeness (QED) is 0.531. The van der Waals surface area contributed by atoms with Crippen molar-refractivity contribution in [3.8, 4) is 0 Å². The van der Waals surface area contributed by atoms with Gasteiger partial charge in [0.25, 0.3) is 0 Å². The summed E-state index contributed by atoms with van der Waals surface area (Å²) in [7, 11) is 0. The molecule has 0 radical (unpaired) electrons. The first-order valence-corrected chi connectivity index (χ1v) is 4.70.